The monoisotopic (exact) mass is 676 g/mol. The van der Waals surface area contributed by atoms with E-state index in [0.717, 1.165) is 11.1 Å². The zero-order chi connectivity index (χ0) is 34.5. The number of thiazole rings is 1. The van der Waals surface area contributed by atoms with Crippen LogP contribution in [0.5, 0.6) is 17.2 Å². The van der Waals surface area contributed by atoms with Crippen LogP contribution in [-0.2, 0) is 16.1 Å². The average Bonchev–Trinajstić information content (AvgIpc) is 3.44. The van der Waals surface area contributed by atoms with Crippen LogP contribution in [0.3, 0.4) is 0 Å². The van der Waals surface area contributed by atoms with Crippen molar-refractivity contribution in [2.45, 2.75) is 19.6 Å². The Morgan fingerprint density at radius 1 is 0.918 bits per heavy atom. The molecule has 0 amide bonds. The van der Waals surface area contributed by atoms with Crippen LogP contribution in [0.4, 0.5) is 0 Å². The van der Waals surface area contributed by atoms with E-state index in [1.54, 1.807) is 61.5 Å². The van der Waals surface area contributed by atoms with E-state index in [1.165, 1.54) is 36.2 Å². The van der Waals surface area contributed by atoms with Crippen molar-refractivity contribution in [3.05, 3.63) is 150 Å². The first kappa shape index (κ1) is 33.0. The largest absolute Gasteiger partial charge is 0.493 e. The minimum absolute atomic E-state index is 0.141. The Morgan fingerprint density at radius 2 is 1.67 bits per heavy atom. The summed E-state index contributed by atoms with van der Waals surface area (Å²) in [5.41, 5.74) is 3.32. The number of methoxy groups -OCH3 is 2. The summed E-state index contributed by atoms with van der Waals surface area (Å²) in [5, 5.41) is 9.25. The molecule has 2 heterocycles. The first-order valence-electron chi connectivity index (χ1n) is 15.4. The number of aromatic carboxylic acids is 1. The number of ether oxygens (including phenoxy) is 4. The number of fused-ring (bicyclic) bond motifs is 1. The second-order valence-electron chi connectivity index (χ2n) is 10.9. The minimum Gasteiger partial charge on any atom is -0.493 e. The Hall–Kier alpha value is -5.94. The maximum Gasteiger partial charge on any atom is 0.338 e. The minimum atomic E-state index is -1.00. The lowest BCUT2D eigenvalue weighted by atomic mass is 9.93. The molecule has 10 nitrogen and oxygen atoms in total. The van der Waals surface area contributed by atoms with Crippen molar-refractivity contribution in [3.63, 3.8) is 0 Å². The highest BCUT2D eigenvalue weighted by Crippen LogP contribution is 2.38. The second-order valence-corrected chi connectivity index (χ2v) is 11.9. The maximum atomic E-state index is 14.2. The molecule has 1 N–H and O–H groups in total. The van der Waals surface area contributed by atoms with Crippen molar-refractivity contribution in [2.24, 2.45) is 4.99 Å². The number of hydrogen-bond acceptors (Lipinski definition) is 9. The van der Waals surface area contributed by atoms with Crippen LogP contribution < -0.4 is 29.1 Å². The Balaban J connectivity index is 1.43. The summed E-state index contributed by atoms with van der Waals surface area (Å²) < 4.78 is 24.4. The molecule has 1 aliphatic rings. The quantitative estimate of drug-likeness (QED) is 0.189. The zero-order valence-electron chi connectivity index (χ0n) is 26.9. The van der Waals surface area contributed by atoms with E-state index in [1.807, 2.05) is 42.5 Å². The molecular formula is C38H32N2O8S. The average molecular weight is 677 g/mol. The first-order valence-corrected chi connectivity index (χ1v) is 16.2. The van der Waals surface area contributed by atoms with Crippen LogP contribution in [0.15, 0.2) is 112 Å². The number of nitrogens with zero attached hydrogens (tertiary/aromatic N) is 2. The van der Waals surface area contributed by atoms with Crippen molar-refractivity contribution < 1.29 is 33.6 Å². The number of esters is 1. The highest BCUT2D eigenvalue weighted by Gasteiger charge is 2.35. The topological polar surface area (TPSA) is 126 Å². The van der Waals surface area contributed by atoms with Crippen LogP contribution >= 0.6 is 11.3 Å². The molecule has 1 atom stereocenters. The number of benzene rings is 4. The molecular weight excluding hydrogens is 644 g/mol. The molecule has 6 rings (SSSR count). The number of carboxylic acids is 1. The number of hydrogen-bond donors (Lipinski definition) is 1. The van der Waals surface area contributed by atoms with Crippen LogP contribution in [0, 0.1) is 0 Å². The van der Waals surface area contributed by atoms with Gasteiger partial charge in [0.2, 0.25) is 0 Å². The Morgan fingerprint density at radius 3 is 2.37 bits per heavy atom. The molecule has 0 radical (unpaired) electrons. The second kappa shape index (κ2) is 14.4. The number of rotatable bonds is 11. The molecule has 0 fully saturated rings. The van der Waals surface area contributed by atoms with Crippen LogP contribution in [0.25, 0.3) is 11.8 Å². The highest BCUT2D eigenvalue weighted by molar-refractivity contribution is 7.07. The molecule has 4 aromatic carbocycles. The summed E-state index contributed by atoms with van der Waals surface area (Å²) in [4.78, 5) is 44.6. The van der Waals surface area contributed by atoms with Gasteiger partial charge in [-0.05, 0) is 66.1 Å². The smallest absolute Gasteiger partial charge is 0.338 e. The molecule has 1 aliphatic heterocycles. The molecule has 0 saturated heterocycles. The van der Waals surface area contributed by atoms with Crippen molar-refractivity contribution in [3.8, 4) is 17.2 Å². The Bertz CT molecular complexity index is 2240. The van der Waals surface area contributed by atoms with E-state index in [2.05, 4.69) is 0 Å². The number of aromatic nitrogens is 1. The molecule has 0 bridgehead atoms. The molecule has 0 spiro atoms. The first-order chi connectivity index (χ1) is 23.8. The van der Waals surface area contributed by atoms with E-state index < -0.39 is 18.0 Å². The third kappa shape index (κ3) is 6.88. The summed E-state index contributed by atoms with van der Waals surface area (Å²) in [5.74, 6) is -0.0472. The third-order valence-electron chi connectivity index (χ3n) is 7.85. The van der Waals surface area contributed by atoms with E-state index >= 15 is 0 Å². The molecule has 0 aliphatic carbocycles. The number of carbonyl (C=O) groups is 2. The van der Waals surface area contributed by atoms with Crippen molar-refractivity contribution in [1.29, 1.82) is 0 Å². The van der Waals surface area contributed by atoms with Crippen molar-refractivity contribution >= 4 is 35.0 Å². The highest BCUT2D eigenvalue weighted by atomic mass is 32.1. The van der Waals surface area contributed by atoms with Gasteiger partial charge in [0.05, 0.1) is 48.2 Å². The van der Waals surface area contributed by atoms with Crippen LogP contribution in [0.1, 0.15) is 45.6 Å². The predicted octanol–water partition coefficient (Wildman–Crippen LogP) is 5.23. The van der Waals surface area contributed by atoms with Gasteiger partial charge in [0.1, 0.15) is 12.4 Å². The van der Waals surface area contributed by atoms with Gasteiger partial charge in [0.25, 0.3) is 5.56 Å². The third-order valence-corrected chi connectivity index (χ3v) is 8.84. The van der Waals surface area contributed by atoms with Gasteiger partial charge in [0, 0.05) is 5.56 Å². The standard InChI is InChI=1S/C38H32N2O8S/c1-4-47-37(44)32-33(25-10-6-5-7-11-25)39-38-40(34(32)26-15-18-29(45-2)30(21-26)46-3)35(41)31(49-38)20-23-13-16-28(17-14-23)48-22-24-9-8-12-27(19-24)36(42)43/h5-21,34H,4,22H2,1-3H3,(H,42,43)/b31-20-/t34-/m1/s1. The maximum absolute atomic E-state index is 14.2. The Labute approximate surface area is 285 Å². The van der Waals surface area contributed by atoms with Gasteiger partial charge >= 0.3 is 11.9 Å². The molecule has 49 heavy (non-hydrogen) atoms. The van der Waals surface area contributed by atoms with Crippen LogP contribution in [-0.4, -0.2) is 42.4 Å². The van der Waals surface area contributed by atoms with Gasteiger partial charge in [0.15, 0.2) is 16.3 Å². The van der Waals surface area contributed by atoms with Crippen LogP contribution in [0.2, 0.25) is 0 Å². The van der Waals surface area contributed by atoms with Crippen molar-refractivity contribution in [1.82, 2.24) is 4.57 Å². The fourth-order valence-corrected chi connectivity index (χ4v) is 6.55. The lowest BCUT2D eigenvalue weighted by Gasteiger charge is -2.26. The molecule has 5 aromatic rings. The number of carboxylic acid groups (broad SMARTS) is 1. The van der Waals surface area contributed by atoms with Gasteiger partial charge < -0.3 is 24.1 Å². The fraction of sp³-hybridized carbons (Fsp3) is 0.158. The number of carbonyl (C=O) groups excluding carboxylic acids is 1. The molecule has 248 valence electrons. The predicted molar refractivity (Wildman–Crippen MR) is 185 cm³/mol. The van der Waals surface area contributed by atoms with Gasteiger partial charge in [-0.25, -0.2) is 14.6 Å². The molecule has 0 unspecified atom stereocenters. The van der Waals surface area contributed by atoms with Crippen molar-refractivity contribution in [2.75, 3.05) is 20.8 Å². The van der Waals surface area contributed by atoms with Gasteiger partial charge in [-0.3, -0.25) is 9.36 Å². The van der Waals surface area contributed by atoms with E-state index in [-0.39, 0.29) is 29.9 Å². The normalized spacial score (nSPS) is 14.1. The van der Waals surface area contributed by atoms with E-state index in [0.29, 0.717) is 43.4 Å². The van der Waals surface area contributed by atoms with Gasteiger partial charge in [-0.2, -0.15) is 0 Å². The summed E-state index contributed by atoms with van der Waals surface area (Å²) in [6, 6.07) is 27.5. The lowest BCUT2D eigenvalue weighted by Crippen LogP contribution is -2.40. The molecule has 11 heteroatoms. The van der Waals surface area contributed by atoms with Gasteiger partial charge in [-0.15, -0.1) is 0 Å². The van der Waals surface area contributed by atoms with E-state index in [4.69, 9.17) is 23.9 Å². The summed E-state index contributed by atoms with van der Waals surface area (Å²) >= 11 is 1.22. The fourth-order valence-electron chi connectivity index (χ4n) is 5.55. The molecule has 1 aromatic heterocycles. The summed E-state index contributed by atoms with van der Waals surface area (Å²) in [7, 11) is 3.06. The molecule has 0 saturated carbocycles. The summed E-state index contributed by atoms with van der Waals surface area (Å²) in [6.45, 7) is 2.07. The Kier molecular flexibility index (Phi) is 9.72. The SMILES string of the molecule is CCOC(=O)C1=C(c2ccccc2)N=c2s/c(=C\c3ccc(OCc4cccc(C(=O)O)c4)cc3)c(=O)n2[C@@H]1c1ccc(OC)c(OC)c1. The zero-order valence-corrected chi connectivity index (χ0v) is 27.7. The van der Waals surface area contributed by atoms with Gasteiger partial charge in [-0.1, -0.05) is 72.0 Å². The lowest BCUT2D eigenvalue weighted by molar-refractivity contribution is -0.138. The van der Waals surface area contributed by atoms with E-state index in [9.17, 15) is 19.5 Å². The summed E-state index contributed by atoms with van der Waals surface area (Å²) in [6.07, 6.45) is 1.77.